The van der Waals surface area contributed by atoms with Gasteiger partial charge in [0.2, 0.25) is 0 Å². The van der Waals surface area contributed by atoms with Crippen molar-refractivity contribution in [2.24, 2.45) is 5.92 Å². The number of rotatable bonds is 6. The van der Waals surface area contributed by atoms with Gasteiger partial charge >= 0.3 is 0 Å². The molecule has 0 aromatic heterocycles. The molecule has 0 radical (unpaired) electrons. The molecule has 0 spiro atoms. The molecule has 0 heterocycles. The lowest BCUT2D eigenvalue weighted by Crippen LogP contribution is -2.29. The lowest BCUT2D eigenvalue weighted by molar-refractivity contribution is 0.228. The first-order valence-corrected chi connectivity index (χ1v) is 3.62. The summed E-state index contributed by atoms with van der Waals surface area (Å²) in [7, 11) is 3.97. The summed E-state index contributed by atoms with van der Waals surface area (Å²) in [5.74, 6) is 0.187. The van der Waals surface area contributed by atoms with Gasteiger partial charge in [-0.15, -0.1) is 4.48 Å². The van der Waals surface area contributed by atoms with Crippen LogP contribution >= 0.6 is 9.47 Å². The highest BCUT2D eigenvalue weighted by Crippen LogP contribution is 1.97. The number of nitrogens with one attached hydrogen (secondary N) is 2. The van der Waals surface area contributed by atoms with Gasteiger partial charge in [-0.1, -0.05) is 0 Å². The molecule has 0 amide bonds. The van der Waals surface area contributed by atoms with Gasteiger partial charge < -0.3 is 9.84 Å². The van der Waals surface area contributed by atoms with Crippen LogP contribution < -0.4 is 10.9 Å². The van der Waals surface area contributed by atoms with Gasteiger partial charge in [0.1, 0.15) is 0 Å². The Morgan fingerprint density at radius 1 is 1.60 bits per heavy atom. The summed E-state index contributed by atoms with van der Waals surface area (Å²) in [5, 5.41) is 2.94. The van der Waals surface area contributed by atoms with E-state index in [1.54, 1.807) is 5.54 Å². The van der Waals surface area contributed by atoms with Crippen LogP contribution in [-0.4, -0.2) is 26.7 Å². The van der Waals surface area contributed by atoms with Crippen LogP contribution in [0.5, 0.6) is 0 Å². The third kappa shape index (κ3) is 5.06. The van der Waals surface area contributed by atoms with Gasteiger partial charge in [0.15, 0.2) is 0 Å². The van der Waals surface area contributed by atoms with Crippen molar-refractivity contribution in [3.63, 3.8) is 0 Å². The largest absolute Gasteiger partial charge is 0.365 e. The third-order valence-corrected chi connectivity index (χ3v) is 1.38. The first-order chi connectivity index (χ1) is 4.85. The molecule has 0 fully saturated rings. The molecule has 0 bridgehead atoms. The summed E-state index contributed by atoms with van der Waals surface area (Å²) >= 11 is 0. The molecule has 10 heavy (non-hydrogen) atoms. The fraction of sp³-hybridized carbons (Fsp3) is 1.00. The van der Waals surface area contributed by atoms with Crippen molar-refractivity contribution in [2.45, 2.75) is 0 Å². The minimum atomic E-state index is 0.187. The van der Waals surface area contributed by atoms with E-state index >= 15 is 0 Å². The SMILES string of the molecule is CNCC(CNF)COP. The van der Waals surface area contributed by atoms with Crippen molar-refractivity contribution in [2.75, 3.05) is 26.7 Å². The van der Waals surface area contributed by atoms with E-state index in [2.05, 4.69) is 14.8 Å². The minimum absolute atomic E-state index is 0.187. The second-order valence-electron chi connectivity index (χ2n) is 2.09. The summed E-state index contributed by atoms with van der Waals surface area (Å²) in [6, 6.07) is 0. The van der Waals surface area contributed by atoms with Gasteiger partial charge in [-0.05, 0) is 7.05 Å². The summed E-state index contributed by atoms with van der Waals surface area (Å²) in [5.41, 5.74) is 1.61. The fourth-order valence-electron chi connectivity index (χ4n) is 0.724. The molecule has 0 aliphatic heterocycles. The van der Waals surface area contributed by atoms with Crippen molar-refractivity contribution >= 4 is 9.47 Å². The van der Waals surface area contributed by atoms with Crippen molar-refractivity contribution in [3.8, 4) is 0 Å². The second-order valence-corrected chi connectivity index (χ2v) is 2.43. The average molecular weight is 168 g/mol. The molecule has 0 aliphatic rings. The molecule has 5 heteroatoms. The predicted octanol–water partition coefficient (Wildman–Crippen LogP) is 0.103. The summed E-state index contributed by atoms with van der Waals surface area (Å²) in [6.07, 6.45) is 0. The normalized spacial score (nSPS) is 13.5. The number of halogens is 1. The van der Waals surface area contributed by atoms with Gasteiger partial charge in [-0.25, -0.2) is 0 Å². The number of hydrogen-bond donors (Lipinski definition) is 2. The van der Waals surface area contributed by atoms with E-state index in [4.69, 9.17) is 4.52 Å². The number of hydrogen-bond acceptors (Lipinski definition) is 3. The molecule has 2 N–H and O–H groups in total. The maximum absolute atomic E-state index is 11.5. The highest BCUT2D eigenvalue weighted by atomic mass is 31.0. The maximum atomic E-state index is 11.5. The zero-order valence-electron chi connectivity index (χ0n) is 6.06. The zero-order valence-corrected chi connectivity index (χ0v) is 7.22. The lowest BCUT2D eigenvalue weighted by atomic mass is 10.2. The Kier molecular flexibility index (Phi) is 7.52. The van der Waals surface area contributed by atoms with Crippen molar-refractivity contribution in [3.05, 3.63) is 0 Å². The molecule has 0 rings (SSSR count). The van der Waals surface area contributed by atoms with Crippen LogP contribution in [0.1, 0.15) is 0 Å². The zero-order chi connectivity index (χ0) is 7.82. The molecule has 0 saturated heterocycles. The summed E-state index contributed by atoms with van der Waals surface area (Å²) < 4.78 is 16.3. The van der Waals surface area contributed by atoms with Gasteiger partial charge in [0.25, 0.3) is 0 Å². The van der Waals surface area contributed by atoms with Crippen molar-refractivity contribution < 1.29 is 9.01 Å². The minimum Gasteiger partial charge on any atom is -0.365 e. The van der Waals surface area contributed by atoms with E-state index < -0.39 is 0 Å². The second kappa shape index (κ2) is 7.35. The van der Waals surface area contributed by atoms with E-state index in [1.807, 2.05) is 7.05 Å². The van der Waals surface area contributed by atoms with Crippen LogP contribution in [0.3, 0.4) is 0 Å². The maximum Gasteiger partial charge on any atom is 0.0555 e. The average Bonchev–Trinajstić information content (AvgIpc) is 1.90. The molecule has 0 saturated carbocycles. The van der Waals surface area contributed by atoms with Crippen LogP contribution in [-0.2, 0) is 4.52 Å². The van der Waals surface area contributed by atoms with Gasteiger partial charge in [-0.2, -0.15) is 5.54 Å². The molecule has 2 atom stereocenters. The lowest BCUT2D eigenvalue weighted by Gasteiger charge is -2.12. The summed E-state index contributed by atoms with van der Waals surface area (Å²) in [4.78, 5) is 0. The van der Waals surface area contributed by atoms with Gasteiger partial charge in [0.05, 0.1) is 6.61 Å². The van der Waals surface area contributed by atoms with E-state index in [0.717, 1.165) is 6.54 Å². The molecule has 0 aliphatic carbocycles. The third-order valence-electron chi connectivity index (χ3n) is 1.19. The van der Waals surface area contributed by atoms with Crippen molar-refractivity contribution in [1.82, 2.24) is 10.9 Å². The van der Waals surface area contributed by atoms with Crippen LogP contribution in [0.15, 0.2) is 0 Å². The monoisotopic (exact) mass is 168 g/mol. The first kappa shape index (κ1) is 10.2. The molecule has 3 nitrogen and oxygen atoms in total. The van der Waals surface area contributed by atoms with E-state index in [1.165, 1.54) is 0 Å². The van der Waals surface area contributed by atoms with E-state index in [-0.39, 0.29) is 5.92 Å². The fourth-order valence-corrected chi connectivity index (χ4v) is 0.996. The van der Waals surface area contributed by atoms with Gasteiger partial charge in [0, 0.05) is 28.5 Å². The van der Waals surface area contributed by atoms with Crippen LogP contribution in [0, 0.1) is 5.92 Å². The van der Waals surface area contributed by atoms with Gasteiger partial charge in [-0.3, -0.25) is 0 Å². The Balaban J connectivity index is 3.30. The molecule has 2 unspecified atom stereocenters. The van der Waals surface area contributed by atoms with Crippen molar-refractivity contribution in [1.29, 1.82) is 0 Å². The van der Waals surface area contributed by atoms with Crippen LogP contribution in [0.4, 0.5) is 4.48 Å². The van der Waals surface area contributed by atoms with E-state index in [9.17, 15) is 4.48 Å². The molecule has 0 aromatic rings. The Morgan fingerprint density at radius 3 is 2.70 bits per heavy atom. The smallest absolute Gasteiger partial charge is 0.0555 e. The predicted molar refractivity (Wildman–Crippen MR) is 42.2 cm³/mol. The highest BCUT2D eigenvalue weighted by molar-refractivity contribution is 7.09. The summed E-state index contributed by atoms with van der Waals surface area (Å²) in [6.45, 7) is 1.63. The topological polar surface area (TPSA) is 33.3 Å². The molecular formula is C5H14FN2OP. The quantitative estimate of drug-likeness (QED) is 0.436. The Morgan fingerprint density at radius 2 is 2.30 bits per heavy atom. The first-order valence-electron chi connectivity index (χ1n) is 3.15. The van der Waals surface area contributed by atoms with E-state index in [0.29, 0.717) is 13.2 Å². The Hall–Kier alpha value is 0.240. The van der Waals surface area contributed by atoms with Crippen LogP contribution in [0.25, 0.3) is 0 Å². The van der Waals surface area contributed by atoms with Crippen LogP contribution in [0.2, 0.25) is 0 Å². The molecular weight excluding hydrogens is 154 g/mol. The highest BCUT2D eigenvalue weighted by Gasteiger charge is 2.05. The Bertz CT molecular complexity index is 62.4. The standard InChI is InChI=1S/C5H14FN2OP/c1-7-2-5(3-8-6)4-9-10/h5,7-8H,2-4,10H2,1H3. The molecule has 62 valence electrons. The Labute approximate surface area is 62.9 Å². The molecule has 0 aromatic carbocycles.